The van der Waals surface area contributed by atoms with Crippen molar-refractivity contribution < 1.29 is 0 Å². The van der Waals surface area contributed by atoms with Crippen LogP contribution < -0.4 is 0 Å². The second-order valence-corrected chi connectivity index (χ2v) is 9.78. The Morgan fingerprint density at radius 3 is 2.38 bits per heavy atom. The smallest absolute Gasteiger partial charge is 0.0234 e. The topological polar surface area (TPSA) is 6.48 Å². The van der Waals surface area contributed by atoms with Gasteiger partial charge in [-0.1, -0.05) is 72.8 Å². The molecule has 1 saturated heterocycles. The Kier molecular flexibility index (Phi) is 5.21. The molecule has 4 aromatic rings. The summed E-state index contributed by atoms with van der Waals surface area (Å²) in [5.74, 6) is 0.521. The van der Waals surface area contributed by atoms with E-state index in [2.05, 4.69) is 89.6 Å². The van der Waals surface area contributed by atoms with Gasteiger partial charge in [0.2, 0.25) is 0 Å². The minimum atomic E-state index is 0.521. The molecule has 4 aromatic carbocycles. The third kappa shape index (κ3) is 3.62. The molecule has 2 aliphatic rings. The van der Waals surface area contributed by atoms with Crippen molar-refractivity contribution in [3.63, 3.8) is 0 Å². The maximum Gasteiger partial charge on any atom is 0.0234 e. The highest BCUT2D eigenvalue weighted by Gasteiger charge is 2.24. The fourth-order valence-electron chi connectivity index (χ4n) is 5.88. The van der Waals surface area contributed by atoms with Crippen molar-refractivity contribution in [3.8, 4) is 0 Å². The molecule has 1 fully saturated rings. The molecule has 1 heterocycles. The maximum absolute atomic E-state index is 2.58. The van der Waals surface area contributed by atoms with Crippen LogP contribution in [0.4, 0.5) is 0 Å². The maximum atomic E-state index is 2.58. The predicted molar refractivity (Wildman–Crippen MR) is 135 cm³/mol. The van der Waals surface area contributed by atoms with Crippen molar-refractivity contribution in [2.75, 3.05) is 33.2 Å². The molecule has 0 bridgehead atoms. The van der Waals surface area contributed by atoms with E-state index in [1.807, 2.05) is 0 Å². The molecular weight excluding hydrogens is 388 g/mol. The fourth-order valence-corrected chi connectivity index (χ4v) is 5.88. The molecule has 1 aliphatic carbocycles. The zero-order valence-corrected chi connectivity index (χ0v) is 19.1. The van der Waals surface area contributed by atoms with E-state index in [0.29, 0.717) is 5.92 Å². The fraction of sp³-hybridized carbons (Fsp3) is 0.333. The van der Waals surface area contributed by atoms with E-state index in [0.717, 1.165) is 6.54 Å². The first-order valence-electron chi connectivity index (χ1n) is 12.2. The molecule has 0 aromatic heterocycles. The van der Waals surface area contributed by atoms with E-state index in [1.54, 1.807) is 11.1 Å². The SMILES string of the molecule is CN1CCN(Cc2ccc(C3CCCc4c3ccc3c4ccc4ccccc43)cc2)CC1. The van der Waals surface area contributed by atoms with Crippen LogP contribution in [0.2, 0.25) is 0 Å². The Morgan fingerprint density at radius 2 is 1.53 bits per heavy atom. The van der Waals surface area contributed by atoms with E-state index in [-0.39, 0.29) is 0 Å². The molecule has 1 atom stereocenters. The van der Waals surface area contributed by atoms with E-state index < -0.39 is 0 Å². The van der Waals surface area contributed by atoms with Crippen LogP contribution in [0.15, 0.2) is 72.8 Å². The molecule has 2 heteroatoms. The predicted octanol–water partition coefficient (Wildman–Crippen LogP) is 6.21. The Bertz CT molecular complexity index is 1250. The number of hydrogen-bond acceptors (Lipinski definition) is 2. The van der Waals surface area contributed by atoms with Crippen molar-refractivity contribution in [2.45, 2.75) is 31.7 Å². The van der Waals surface area contributed by atoms with Crippen molar-refractivity contribution in [1.82, 2.24) is 9.80 Å². The Hall–Kier alpha value is -2.68. The summed E-state index contributed by atoms with van der Waals surface area (Å²) in [5, 5.41) is 5.58. The number of rotatable bonds is 3. The van der Waals surface area contributed by atoms with Gasteiger partial charge in [-0.15, -0.1) is 0 Å². The highest BCUT2D eigenvalue weighted by molar-refractivity contribution is 6.08. The van der Waals surface area contributed by atoms with Gasteiger partial charge in [-0.2, -0.15) is 0 Å². The number of likely N-dealkylation sites (N-methyl/N-ethyl adjacent to an activating group) is 1. The van der Waals surface area contributed by atoms with Crippen LogP contribution in [0, 0.1) is 0 Å². The van der Waals surface area contributed by atoms with E-state index >= 15 is 0 Å². The van der Waals surface area contributed by atoms with Crippen molar-refractivity contribution >= 4 is 21.5 Å². The lowest BCUT2D eigenvalue weighted by atomic mass is 9.77. The van der Waals surface area contributed by atoms with Gasteiger partial charge in [0.25, 0.3) is 0 Å². The van der Waals surface area contributed by atoms with Gasteiger partial charge in [-0.25, -0.2) is 0 Å². The first kappa shape index (κ1) is 20.0. The van der Waals surface area contributed by atoms with E-state index in [1.165, 1.54) is 78.1 Å². The summed E-state index contributed by atoms with van der Waals surface area (Å²) in [7, 11) is 2.22. The summed E-state index contributed by atoms with van der Waals surface area (Å²) < 4.78 is 0. The summed E-state index contributed by atoms with van der Waals surface area (Å²) in [6, 6.07) is 27.8. The Balaban J connectivity index is 1.30. The first-order valence-corrected chi connectivity index (χ1v) is 12.2. The third-order valence-electron chi connectivity index (χ3n) is 7.75. The normalized spacial score (nSPS) is 20.0. The van der Waals surface area contributed by atoms with Gasteiger partial charge < -0.3 is 4.90 Å². The minimum absolute atomic E-state index is 0.521. The molecule has 162 valence electrons. The Labute approximate surface area is 191 Å². The summed E-state index contributed by atoms with van der Waals surface area (Å²) in [5.41, 5.74) is 6.05. The molecule has 0 radical (unpaired) electrons. The zero-order chi connectivity index (χ0) is 21.5. The van der Waals surface area contributed by atoms with Gasteiger partial charge in [-0.05, 0) is 70.1 Å². The highest BCUT2D eigenvalue weighted by Crippen LogP contribution is 2.41. The lowest BCUT2D eigenvalue weighted by Gasteiger charge is -2.32. The number of benzene rings is 4. The van der Waals surface area contributed by atoms with Gasteiger partial charge in [0, 0.05) is 38.6 Å². The molecule has 0 amide bonds. The van der Waals surface area contributed by atoms with Crippen molar-refractivity contribution in [2.24, 2.45) is 0 Å². The second-order valence-electron chi connectivity index (χ2n) is 9.78. The number of hydrogen-bond donors (Lipinski definition) is 0. The second kappa shape index (κ2) is 8.35. The van der Waals surface area contributed by atoms with Crippen LogP contribution in [0.3, 0.4) is 0 Å². The quantitative estimate of drug-likeness (QED) is 0.364. The molecule has 0 N–H and O–H groups in total. The molecule has 2 nitrogen and oxygen atoms in total. The molecule has 0 saturated carbocycles. The number of nitrogens with zero attached hydrogens (tertiary/aromatic N) is 2. The van der Waals surface area contributed by atoms with E-state index in [9.17, 15) is 0 Å². The lowest BCUT2D eigenvalue weighted by molar-refractivity contribution is 0.148. The van der Waals surface area contributed by atoms with Crippen LogP contribution in [0.25, 0.3) is 21.5 Å². The van der Waals surface area contributed by atoms with Crippen LogP contribution in [-0.4, -0.2) is 43.0 Å². The van der Waals surface area contributed by atoms with Gasteiger partial charge in [-0.3, -0.25) is 4.90 Å². The summed E-state index contributed by atoms with van der Waals surface area (Å²) >= 11 is 0. The zero-order valence-electron chi connectivity index (χ0n) is 19.1. The van der Waals surface area contributed by atoms with Gasteiger partial charge in [0.15, 0.2) is 0 Å². The molecule has 0 spiro atoms. The van der Waals surface area contributed by atoms with E-state index in [4.69, 9.17) is 0 Å². The van der Waals surface area contributed by atoms with Crippen LogP contribution >= 0.6 is 0 Å². The van der Waals surface area contributed by atoms with Crippen molar-refractivity contribution in [1.29, 1.82) is 0 Å². The number of piperazine rings is 1. The first-order chi connectivity index (χ1) is 15.8. The molecule has 1 aliphatic heterocycles. The number of fused-ring (bicyclic) bond motifs is 5. The van der Waals surface area contributed by atoms with Crippen LogP contribution in [-0.2, 0) is 13.0 Å². The van der Waals surface area contributed by atoms with Crippen LogP contribution in [0.1, 0.15) is 41.0 Å². The minimum Gasteiger partial charge on any atom is -0.304 e. The largest absolute Gasteiger partial charge is 0.304 e. The summed E-state index contributed by atoms with van der Waals surface area (Å²) in [6.45, 7) is 5.79. The molecule has 1 unspecified atom stereocenters. The van der Waals surface area contributed by atoms with Gasteiger partial charge >= 0.3 is 0 Å². The third-order valence-corrected chi connectivity index (χ3v) is 7.75. The number of aryl methyl sites for hydroxylation is 1. The lowest BCUT2D eigenvalue weighted by Crippen LogP contribution is -2.43. The molecule has 32 heavy (non-hydrogen) atoms. The monoisotopic (exact) mass is 420 g/mol. The Morgan fingerprint density at radius 1 is 0.750 bits per heavy atom. The molecule has 6 rings (SSSR count). The molecular formula is C30H32N2. The standard InChI is InChI=1S/C30H32N2/c1-31-17-19-32(20-18-31)21-22-9-11-24(12-10-22)26-7-4-8-27-28(26)15-16-29-25-6-3-2-5-23(25)13-14-30(27)29/h2-3,5-6,9-16,26H,4,7-8,17-21H2,1H3. The average Bonchev–Trinajstić information content (AvgIpc) is 2.85. The van der Waals surface area contributed by atoms with Crippen LogP contribution in [0.5, 0.6) is 0 Å². The summed E-state index contributed by atoms with van der Waals surface area (Å²) in [6.07, 6.45) is 3.72. The van der Waals surface area contributed by atoms with Gasteiger partial charge in [0.05, 0.1) is 0 Å². The van der Waals surface area contributed by atoms with Gasteiger partial charge in [0.1, 0.15) is 0 Å². The summed E-state index contributed by atoms with van der Waals surface area (Å²) in [4.78, 5) is 5.01. The average molecular weight is 421 g/mol. The highest BCUT2D eigenvalue weighted by atomic mass is 15.2. The van der Waals surface area contributed by atoms with Crippen molar-refractivity contribution in [3.05, 3.63) is 95.1 Å².